The molecule has 124 valence electrons. The van der Waals surface area contributed by atoms with Crippen molar-refractivity contribution in [1.82, 2.24) is 15.8 Å². The van der Waals surface area contributed by atoms with Crippen LogP contribution >= 0.6 is 0 Å². The number of alkyl halides is 3. The Morgan fingerprint density at radius 3 is 2.74 bits per heavy atom. The quantitative estimate of drug-likeness (QED) is 0.655. The topological polar surface area (TPSA) is 62.5 Å². The number of hydrogen-bond donors (Lipinski definition) is 2. The molecule has 1 heterocycles. The fourth-order valence-corrected chi connectivity index (χ4v) is 1.86. The molecular weight excluding hydrogens is 309 g/mol. The van der Waals surface area contributed by atoms with E-state index in [-0.39, 0.29) is 6.54 Å². The Hall–Kier alpha value is -2.51. The van der Waals surface area contributed by atoms with Gasteiger partial charge >= 0.3 is 6.18 Å². The number of nitrogens with zero attached hydrogens (tertiary/aromatic N) is 2. The van der Waals surface area contributed by atoms with Crippen molar-refractivity contribution < 1.29 is 17.7 Å². The van der Waals surface area contributed by atoms with E-state index in [2.05, 4.69) is 20.8 Å². The molecule has 2 N–H and O–H groups in total. The molecule has 0 aliphatic heterocycles. The highest BCUT2D eigenvalue weighted by Gasteiger charge is 2.30. The lowest BCUT2D eigenvalue weighted by atomic mass is 10.1. The largest absolute Gasteiger partial charge is 0.416 e. The van der Waals surface area contributed by atoms with E-state index < -0.39 is 11.7 Å². The minimum absolute atomic E-state index is 0.137. The Morgan fingerprint density at radius 1 is 1.26 bits per heavy atom. The van der Waals surface area contributed by atoms with Crippen LogP contribution in [0, 0.1) is 0 Å². The SMILES string of the molecule is CCNC(=NCc1cccc(C(F)(F)F)c1)NCc1ccon1. The molecule has 1 aromatic carbocycles. The van der Waals surface area contributed by atoms with Gasteiger partial charge in [-0.05, 0) is 24.6 Å². The number of nitrogens with one attached hydrogen (secondary N) is 2. The Morgan fingerprint density at radius 2 is 2.09 bits per heavy atom. The second kappa shape index (κ2) is 7.66. The van der Waals surface area contributed by atoms with Crippen LogP contribution in [0.15, 0.2) is 46.1 Å². The Bertz CT molecular complexity index is 638. The van der Waals surface area contributed by atoms with Gasteiger partial charge in [-0.2, -0.15) is 13.2 Å². The normalized spacial score (nSPS) is 12.3. The van der Waals surface area contributed by atoms with Crippen molar-refractivity contribution in [2.75, 3.05) is 6.54 Å². The third kappa shape index (κ3) is 5.32. The molecule has 5 nitrogen and oxygen atoms in total. The van der Waals surface area contributed by atoms with Gasteiger partial charge in [0.15, 0.2) is 5.96 Å². The Kier molecular flexibility index (Phi) is 5.61. The average molecular weight is 326 g/mol. The molecule has 0 amide bonds. The molecule has 0 bridgehead atoms. The smallest absolute Gasteiger partial charge is 0.364 e. The van der Waals surface area contributed by atoms with E-state index in [1.54, 1.807) is 12.1 Å². The maximum Gasteiger partial charge on any atom is 0.416 e. The lowest BCUT2D eigenvalue weighted by Crippen LogP contribution is -2.36. The van der Waals surface area contributed by atoms with E-state index in [0.717, 1.165) is 12.1 Å². The van der Waals surface area contributed by atoms with Gasteiger partial charge in [-0.3, -0.25) is 0 Å². The van der Waals surface area contributed by atoms with Gasteiger partial charge in [-0.15, -0.1) is 0 Å². The first kappa shape index (κ1) is 16.9. The number of hydrogen-bond acceptors (Lipinski definition) is 3. The molecule has 0 spiro atoms. The van der Waals surface area contributed by atoms with Crippen molar-refractivity contribution in [2.24, 2.45) is 4.99 Å². The summed E-state index contributed by atoms with van der Waals surface area (Å²) in [6.45, 7) is 3.08. The fourth-order valence-electron chi connectivity index (χ4n) is 1.86. The highest BCUT2D eigenvalue weighted by atomic mass is 19.4. The molecule has 2 aromatic rings. The Labute approximate surface area is 131 Å². The monoisotopic (exact) mass is 326 g/mol. The predicted molar refractivity (Wildman–Crippen MR) is 79.6 cm³/mol. The van der Waals surface area contributed by atoms with Crippen molar-refractivity contribution in [2.45, 2.75) is 26.2 Å². The molecular formula is C15H17F3N4O. The highest BCUT2D eigenvalue weighted by Crippen LogP contribution is 2.29. The summed E-state index contributed by atoms with van der Waals surface area (Å²) in [6.07, 6.45) is -2.89. The summed E-state index contributed by atoms with van der Waals surface area (Å²) in [5, 5.41) is 9.81. The molecule has 0 aliphatic rings. The van der Waals surface area contributed by atoms with Crippen LogP contribution in [0.25, 0.3) is 0 Å². The van der Waals surface area contributed by atoms with Gasteiger partial charge in [0.25, 0.3) is 0 Å². The lowest BCUT2D eigenvalue weighted by molar-refractivity contribution is -0.137. The zero-order valence-corrected chi connectivity index (χ0v) is 12.5. The molecule has 0 radical (unpaired) electrons. The van der Waals surface area contributed by atoms with Crippen LogP contribution in [0.2, 0.25) is 0 Å². The van der Waals surface area contributed by atoms with Crippen molar-refractivity contribution in [3.63, 3.8) is 0 Å². The minimum atomic E-state index is -4.35. The van der Waals surface area contributed by atoms with Crippen molar-refractivity contribution in [3.8, 4) is 0 Å². The van der Waals surface area contributed by atoms with Crippen molar-refractivity contribution >= 4 is 5.96 Å². The van der Waals surface area contributed by atoms with Gasteiger partial charge in [0.1, 0.15) is 12.0 Å². The van der Waals surface area contributed by atoms with Crippen molar-refractivity contribution in [3.05, 3.63) is 53.4 Å². The maximum absolute atomic E-state index is 12.7. The molecule has 0 fully saturated rings. The van der Waals surface area contributed by atoms with E-state index in [9.17, 15) is 13.2 Å². The molecule has 0 atom stereocenters. The summed E-state index contributed by atoms with van der Waals surface area (Å²) in [6, 6.07) is 6.85. The summed E-state index contributed by atoms with van der Waals surface area (Å²) in [4.78, 5) is 4.28. The van der Waals surface area contributed by atoms with Gasteiger partial charge in [-0.1, -0.05) is 17.3 Å². The Balaban J connectivity index is 2.02. The highest BCUT2D eigenvalue weighted by molar-refractivity contribution is 5.79. The van der Waals surface area contributed by atoms with Gasteiger partial charge < -0.3 is 15.2 Å². The molecule has 0 unspecified atom stereocenters. The van der Waals surface area contributed by atoms with Gasteiger partial charge in [0.2, 0.25) is 0 Å². The first-order valence-corrected chi connectivity index (χ1v) is 7.06. The molecule has 23 heavy (non-hydrogen) atoms. The molecule has 0 saturated carbocycles. The number of rotatable bonds is 5. The number of benzene rings is 1. The summed E-state index contributed by atoms with van der Waals surface area (Å²) in [5.41, 5.74) is 0.513. The molecule has 0 saturated heterocycles. The van der Waals surface area contributed by atoms with E-state index in [4.69, 9.17) is 4.52 Å². The van der Waals surface area contributed by atoms with Crippen LogP contribution in [0.5, 0.6) is 0 Å². The molecule has 8 heteroatoms. The van der Waals surface area contributed by atoms with E-state index in [0.29, 0.717) is 30.3 Å². The predicted octanol–water partition coefficient (Wildman–Crippen LogP) is 2.95. The van der Waals surface area contributed by atoms with Crippen LogP contribution in [-0.2, 0) is 19.3 Å². The summed E-state index contributed by atoms with van der Waals surface area (Å²) in [7, 11) is 0. The first-order chi connectivity index (χ1) is 11.0. The van der Waals surface area contributed by atoms with Crippen LogP contribution in [0.1, 0.15) is 23.7 Å². The second-order valence-electron chi connectivity index (χ2n) is 4.74. The van der Waals surface area contributed by atoms with E-state index >= 15 is 0 Å². The maximum atomic E-state index is 12.7. The van der Waals surface area contributed by atoms with Gasteiger partial charge in [0, 0.05) is 12.6 Å². The zero-order valence-electron chi connectivity index (χ0n) is 12.5. The number of aliphatic imine (C=N–C) groups is 1. The second-order valence-corrected chi connectivity index (χ2v) is 4.74. The summed E-state index contributed by atoms with van der Waals surface area (Å²) >= 11 is 0. The van der Waals surface area contributed by atoms with Gasteiger partial charge in [0.05, 0.1) is 18.7 Å². The van der Waals surface area contributed by atoms with Crippen LogP contribution < -0.4 is 10.6 Å². The standard InChI is InChI=1S/C15H17F3N4O/c1-2-19-14(21-10-13-6-7-23-22-13)20-9-11-4-3-5-12(8-11)15(16,17)18/h3-8H,2,9-10H2,1H3,(H2,19,20,21). The summed E-state index contributed by atoms with van der Waals surface area (Å²) in [5.74, 6) is 0.493. The van der Waals surface area contributed by atoms with Crippen LogP contribution in [0.3, 0.4) is 0 Å². The third-order valence-corrected chi connectivity index (χ3v) is 2.95. The van der Waals surface area contributed by atoms with Crippen LogP contribution in [0.4, 0.5) is 13.2 Å². The number of guanidine groups is 1. The molecule has 1 aromatic heterocycles. The fraction of sp³-hybridized carbons (Fsp3) is 0.333. The third-order valence-electron chi connectivity index (χ3n) is 2.95. The summed E-state index contributed by atoms with van der Waals surface area (Å²) < 4.78 is 42.8. The van der Waals surface area contributed by atoms with E-state index in [1.165, 1.54) is 12.3 Å². The number of aromatic nitrogens is 1. The van der Waals surface area contributed by atoms with Crippen molar-refractivity contribution in [1.29, 1.82) is 0 Å². The number of halogens is 3. The van der Waals surface area contributed by atoms with Crippen LogP contribution in [-0.4, -0.2) is 17.7 Å². The first-order valence-electron chi connectivity index (χ1n) is 7.06. The minimum Gasteiger partial charge on any atom is -0.364 e. The lowest BCUT2D eigenvalue weighted by Gasteiger charge is -2.11. The van der Waals surface area contributed by atoms with Gasteiger partial charge in [-0.25, -0.2) is 4.99 Å². The van der Waals surface area contributed by atoms with E-state index in [1.807, 2.05) is 6.92 Å². The molecule has 2 rings (SSSR count). The average Bonchev–Trinajstić information content (AvgIpc) is 3.03. The molecule has 0 aliphatic carbocycles. The zero-order chi connectivity index (χ0) is 16.7.